The molecule has 0 saturated heterocycles. The summed E-state index contributed by atoms with van der Waals surface area (Å²) in [6.07, 6.45) is 3.09. The lowest BCUT2D eigenvalue weighted by molar-refractivity contribution is -0.129. The zero-order chi connectivity index (χ0) is 22.4. The molecule has 0 bridgehead atoms. The average molecular weight is 421 g/mol. The van der Waals surface area contributed by atoms with Gasteiger partial charge in [0.2, 0.25) is 5.91 Å². The highest BCUT2D eigenvalue weighted by molar-refractivity contribution is 6.27. The molecule has 1 amide bonds. The zero-order valence-corrected chi connectivity index (χ0v) is 17.8. The fourth-order valence-electron chi connectivity index (χ4n) is 4.12. The fourth-order valence-corrected chi connectivity index (χ4v) is 4.12. The van der Waals surface area contributed by atoms with Crippen molar-refractivity contribution in [3.8, 4) is 5.75 Å². The minimum atomic E-state index is -0.407. The molecule has 1 aliphatic carbocycles. The number of hydroxylamine groups is 1. The van der Waals surface area contributed by atoms with E-state index in [1.807, 2.05) is 24.3 Å². The Morgan fingerprint density at radius 3 is 2.23 bits per heavy atom. The van der Waals surface area contributed by atoms with Gasteiger partial charge in [0.1, 0.15) is 5.75 Å². The van der Waals surface area contributed by atoms with Crippen LogP contribution in [0.15, 0.2) is 59.7 Å². The van der Waals surface area contributed by atoms with Gasteiger partial charge in [-0.1, -0.05) is 49.2 Å². The van der Waals surface area contributed by atoms with Crippen LogP contribution in [-0.2, 0) is 4.79 Å². The van der Waals surface area contributed by atoms with Gasteiger partial charge < -0.3 is 4.74 Å². The number of fused-ring (bicyclic) bond motifs is 1. The predicted octanol–water partition coefficient (Wildman–Crippen LogP) is 4.63. The first-order valence-corrected chi connectivity index (χ1v) is 10.4. The summed E-state index contributed by atoms with van der Waals surface area (Å²) in [5.41, 5.74) is 4.53. The molecular formula is C25H27NO5. The average Bonchev–Trinajstić information content (AvgIpc) is 2.81. The summed E-state index contributed by atoms with van der Waals surface area (Å²) in [4.78, 5) is 37.6. The maximum atomic E-state index is 13.4. The van der Waals surface area contributed by atoms with E-state index in [1.54, 1.807) is 43.8 Å². The first-order valence-electron chi connectivity index (χ1n) is 10.4. The van der Waals surface area contributed by atoms with Gasteiger partial charge in [-0.25, -0.2) is 5.48 Å². The quantitative estimate of drug-likeness (QED) is 0.350. The van der Waals surface area contributed by atoms with Gasteiger partial charge in [-0.3, -0.25) is 19.6 Å². The molecule has 1 unspecified atom stereocenters. The fraction of sp³-hybridized carbons (Fsp3) is 0.320. The van der Waals surface area contributed by atoms with E-state index in [4.69, 9.17) is 9.94 Å². The topological polar surface area (TPSA) is 92.7 Å². The second kappa shape index (κ2) is 10.2. The zero-order valence-electron chi connectivity index (χ0n) is 17.8. The lowest BCUT2D eigenvalue weighted by Gasteiger charge is -2.26. The number of methoxy groups -OCH3 is 1. The van der Waals surface area contributed by atoms with Crippen LogP contribution in [0.2, 0.25) is 0 Å². The van der Waals surface area contributed by atoms with Crippen LogP contribution in [0.4, 0.5) is 0 Å². The number of hydrogen-bond acceptors (Lipinski definition) is 5. The molecule has 0 radical (unpaired) electrons. The van der Waals surface area contributed by atoms with Crippen LogP contribution in [0.1, 0.15) is 71.2 Å². The number of ether oxygens (including phenoxy) is 1. The van der Waals surface area contributed by atoms with E-state index >= 15 is 0 Å². The first-order chi connectivity index (χ1) is 15.0. The van der Waals surface area contributed by atoms with Crippen molar-refractivity contribution in [3.63, 3.8) is 0 Å². The van der Waals surface area contributed by atoms with Crippen LogP contribution in [0.25, 0.3) is 0 Å². The first kappa shape index (κ1) is 22.4. The number of carbonyl (C=O) groups excluding carboxylic acids is 3. The number of allylic oxidation sites excluding steroid dienone is 2. The van der Waals surface area contributed by atoms with Crippen LogP contribution in [0, 0.1) is 0 Å². The number of rotatable bonds is 9. The highest BCUT2D eigenvalue weighted by Gasteiger charge is 2.34. The Hall–Kier alpha value is -3.25. The van der Waals surface area contributed by atoms with Crippen molar-refractivity contribution in [1.82, 2.24) is 5.48 Å². The molecule has 2 N–H and O–H groups in total. The van der Waals surface area contributed by atoms with Gasteiger partial charge in [-0.2, -0.15) is 0 Å². The monoisotopic (exact) mass is 421 g/mol. The maximum absolute atomic E-state index is 13.4. The van der Waals surface area contributed by atoms with Crippen molar-refractivity contribution in [3.05, 3.63) is 76.4 Å². The van der Waals surface area contributed by atoms with Crippen molar-refractivity contribution in [2.24, 2.45) is 0 Å². The van der Waals surface area contributed by atoms with E-state index in [0.717, 1.165) is 24.2 Å². The van der Waals surface area contributed by atoms with E-state index < -0.39 is 5.91 Å². The number of ketones is 2. The summed E-state index contributed by atoms with van der Waals surface area (Å²) in [7, 11) is 1.60. The van der Waals surface area contributed by atoms with Crippen LogP contribution in [0.3, 0.4) is 0 Å². The third kappa shape index (κ3) is 4.91. The molecule has 31 heavy (non-hydrogen) atoms. The maximum Gasteiger partial charge on any atom is 0.243 e. The molecule has 0 aromatic heterocycles. The minimum absolute atomic E-state index is 0.104. The lowest BCUT2D eigenvalue weighted by atomic mass is 9.75. The lowest BCUT2D eigenvalue weighted by Crippen LogP contribution is -2.24. The van der Waals surface area contributed by atoms with Crippen molar-refractivity contribution in [2.45, 2.75) is 44.9 Å². The Labute approximate surface area is 181 Å². The number of benzene rings is 2. The number of Topliss-reactive ketones (excluding diaryl/α,β-unsaturated/α-hetero) is 2. The Morgan fingerprint density at radius 1 is 0.968 bits per heavy atom. The molecule has 3 rings (SSSR count). The van der Waals surface area contributed by atoms with E-state index in [2.05, 4.69) is 0 Å². The number of amides is 1. The molecule has 0 aliphatic heterocycles. The SMILES string of the molecule is COc1ccc(C(CCCCCC(=O)NO)C2=C(C)C(=O)c3ccccc3C2=O)cc1. The third-order valence-corrected chi connectivity index (χ3v) is 5.79. The Bertz CT molecular complexity index is 1010. The van der Waals surface area contributed by atoms with Gasteiger partial charge in [0.25, 0.3) is 0 Å². The standard InChI is InChI=1S/C25H27NO5/c1-16-23(25(29)21-10-7-6-9-20(21)24(16)28)19(8-4-3-5-11-22(27)26-30)17-12-14-18(31-2)15-13-17/h6-7,9-10,12-15,19,30H,3-5,8,11H2,1-2H3,(H,26,27). The van der Waals surface area contributed by atoms with Gasteiger partial charge in [-0.15, -0.1) is 0 Å². The third-order valence-electron chi connectivity index (χ3n) is 5.79. The Kier molecular flexibility index (Phi) is 7.36. The summed E-state index contributed by atoms with van der Waals surface area (Å²) in [5.74, 6) is -0.131. The van der Waals surface area contributed by atoms with E-state index in [0.29, 0.717) is 35.1 Å². The van der Waals surface area contributed by atoms with Gasteiger partial charge >= 0.3 is 0 Å². The van der Waals surface area contributed by atoms with Crippen LogP contribution >= 0.6 is 0 Å². The van der Waals surface area contributed by atoms with Gasteiger partial charge in [0.15, 0.2) is 11.6 Å². The predicted molar refractivity (Wildman–Crippen MR) is 117 cm³/mol. The number of nitrogens with one attached hydrogen (secondary N) is 1. The summed E-state index contributed by atoms with van der Waals surface area (Å²) >= 11 is 0. The molecule has 6 heteroatoms. The molecule has 162 valence electrons. The second-order valence-corrected chi connectivity index (χ2v) is 7.70. The van der Waals surface area contributed by atoms with Crippen molar-refractivity contribution in [2.75, 3.05) is 7.11 Å². The molecule has 1 aliphatic rings. The van der Waals surface area contributed by atoms with Crippen LogP contribution in [0.5, 0.6) is 5.75 Å². The summed E-state index contributed by atoms with van der Waals surface area (Å²) in [6, 6.07) is 14.5. The second-order valence-electron chi connectivity index (χ2n) is 7.70. The number of unbranched alkanes of at least 4 members (excludes halogenated alkanes) is 2. The van der Waals surface area contributed by atoms with Crippen molar-refractivity contribution in [1.29, 1.82) is 0 Å². The van der Waals surface area contributed by atoms with Crippen molar-refractivity contribution < 1.29 is 24.3 Å². The van der Waals surface area contributed by atoms with Crippen LogP contribution < -0.4 is 10.2 Å². The highest BCUT2D eigenvalue weighted by Crippen LogP contribution is 2.38. The Morgan fingerprint density at radius 2 is 1.61 bits per heavy atom. The highest BCUT2D eigenvalue weighted by atomic mass is 16.5. The molecule has 2 aromatic carbocycles. The summed E-state index contributed by atoms with van der Waals surface area (Å²) in [6.45, 7) is 1.73. The number of carbonyl (C=O) groups is 3. The summed E-state index contributed by atoms with van der Waals surface area (Å²) in [5, 5.41) is 8.62. The molecule has 0 saturated carbocycles. The van der Waals surface area contributed by atoms with Gasteiger partial charge in [0.05, 0.1) is 7.11 Å². The van der Waals surface area contributed by atoms with E-state index in [1.165, 1.54) is 0 Å². The summed E-state index contributed by atoms with van der Waals surface area (Å²) < 4.78 is 5.25. The molecule has 0 heterocycles. The van der Waals surface area contributed by atoms with Crippen LogP contribution in [-0.4, -0.2) is 29.8 Å². The normalized spacial score (nSPS) is 14.3. The number of hydrogen-bond donors (Lipinski definition) is 2. The van der Waals surface area contributed by atoms with Gasteiger partial charge in [0, 0.05) is 34.6 Å². The van der Waals surface area contributed by atoms with Gasteiger partial charge in [-0.05, 0) is 37.5 Å². The van der Waals surface area contributed by atoms with E-state index in [9.17, 15) is 14.4 Å². The molecular weight excluding hydrogens is 394 g/mol. The molecule has 2 aromatic rings. The molecule has 1 atom stereocenters. The molecule has 6 nitrogen and oxygen atoms in total. The smallest absolute Gasteiger partial charge is 0.243 e. The minimum Gasteiger partial charge on any atom is -0.497 e. The van der Waals surface area contributed by atoms with E-state index in [-0.39, 0.29) is 23.9 Å². The van der Waals surface area contributed by atoms with Crippen molar-refractivity contribution >= 4 is 17.5 Å². The largest absolute Gasteiger partial charge is 0.497 e. The Balaban J connectivity index is 1.90. The molecule has 0 fully saturated rings. The molecule has 0 spiro atoms.